The summed E-state index contributed by atoms with van der Waals surface area (Å²) in [5.41, 5.74) is 4.70. The summed E-state index contributed by atoms with van der Waals surface area (Å²) in [5.74, 6) is -0.885. The normalized spacial score (nSPS) is 14.8. The smallest absolute Gasteiger partial charge is 0.534 e. The van der Waals surface area contributed by atoms with Crippen molar-refractivity contribution in [3.63, 3.8) is 0 Å². The van der Waals surface area contributed by atoms with Gasteiger partial charge in [0.15, 0.2) is 0 Å². The van der Waals surface area contributed by atoms with Gasteiger partial charge in [-0.3, -0.25) is 4.98 Å². The van der Waals surface area contributed by atoms with Gasteiger partial charge in [0.1, 0.15) is 5.75 Å². The number of rotatable bonds is 8. The number of hydrogen-bond acceptors (Lipinski definition) is 6. The van der Waals surface area contributed by atoms with Gasteiger partial charge in [0.2, 0.25) is 0 Å². The molecule has 8 heteroatoms. The zero-order valence-corrected chi connectivity index (χ0v) is 17.7. The number of carboxylic acid groups (broad SMARTS) is 1. The Labute approximate surface area is 187 Å². The van der Waals surface area contributed by atoms with Gasteiger partial charge < -0.3 is 25.0 Å². The van der Waals surface area contributed by atoms with Crippen molar-refractivity contribution in [2.24, 2.45) is 0 Å². The average molecular weight is 429 g/mol. The van der Waals surface area contributed by atoms with Crippen LogP contribution in [0.1, 0.15) is 27.0 Å². The number of benzene rings is 2. The van der Waals surface area contributed by atoms with E-state index in [0.29, 0.717) is 18.7 Å². The van der Waals surface area contributed by atoms with E-state index in [2.05, 4.69) is 28.3 Å². The lowest BCUT2D eigenvalue weighted by atomic mass is 9.71. The van der Waals surface area contributed by atoms with Crippen molar-refractivity contribution >= 4 is 24.5 Å². The number of hydrogen-bond donors (Lipinski definition) is 3. The Kier molecular flexibility index (Phi) is 6.42. The van der Waals surface area contributed by atoms with Crippen LogP contribution < -0.4 is 15.3 Å². The Hall–Kier alpha value is -3.78. The summed E-state index contributed by atoms with van der Waals surface area (Å²) in [6.07, 6.45) is 4.08. The second kappa shape index (κ2) is 9.57. The van der Waals surface area contributed by atoms with E-state index in [1.807, 2.05) is 36.4 Å². The van der Waals surface area contributed by atoms with Crippen LogP contribution in [0.25, 0.3) is 5.70 Å². The molecule has 32 heavy (non-hydrogen) atoms. The van der Waals surface area contributed by atoms with Gasteiger partial charge in [-0.15, -0.1) is 0 Å². The van der Waals surface area contributed by atoms with Crippen molar-refractivity contribution in [2.75, 3.05) is 12.4 Å². The molecule has 0 radical (unpaired) electrons. The molecule has 1 unspecified atom stereocenters. The van der Waals surface area contributed by atoms with Gasteiger partial charge in [-0.25, -0.2) is 4.79 Å². The highest BCUT2D eigenvalue weighted by molar-refractivity contribution is 6.48. The Balaban J connectivity index is 1.46. The second-order valence-electron chi connectivity index (χ2n) is 7.55. The monoisotopic (exact) mass is 429 g/mol. The molecule has 3 aromatic rings. The number of carboxylic acids is 1. The highest BCUT2D eigenvalue weighted by Gasteiger charge is 2.38. The van der Waals surface area contributed by atoms with Crippen LogP contribution in [0.2, 0.25) is 0 Å². The Morgan fingerprint density at radius 3 is 2.88 bits per heavy atom. The van der Waals surface area contributed by atoms with Crippen LogP contribution in [0.4, 0.5) is 5.69 Å². The van der Waals surface area contributed by atoms with Gasteiger partial charge in [0, 0.05) is 31.7 Å². The summed E-state index contributed by atoms with van der Waals surface area (Å²) in [6, 6.07) is 17.1. The van der Waals surface area contributed by atoms with Crippen molar-refractivity contribution in [3.05, 3.63) is 95.8 Å². The SMILES string of the molecule is C=C(NC1Cc2cccc(C(=O)O)c2OB1OC)c1cccc(CNc2cccnc2)c1. The molecule has 1 atom stereocenters. The number of pyridine rings is 1. The molecule has 3 N–H and O–H groups in total. The summed E-state index contributed by atoms with van der Waals surface area (Å²) >= 11 is 0. The van der Waals surface area contributed by atoms with Crippen LogP contribution in [-0.2, 0) is 17.6 Å². The Morgan fingerprint density at radius 1 is 1.28 bits per heavy atom. The fourth-order valence-electron chi connectivity index (χ4n) is 3.76. The largest absolute Gasteiger partial charge is 0.549 e. The third-order valence-corrected chi connectivity index (χ3v) is 5.35. The quantitative estimate of drug-likeness (QED) is 0.471. The van der Waals surface area contributed by atoms with E-state index in [0.717, 1.165) is 28.1 Å². The lowest BCUT2D eigenvalue weighted by molar-refractivity contribution is 0.0694. The summed E-state index contributed by atoms with van der Waals surface area (Å²) in [5, 5.41) is 16.2. The van der Waals surface area contributed by atoms with Gasteiger partial charge in [-0.1, -0.05) is 36.9 Å². The minimum absolute atomic E-state index is 0.135. The van der Waals surface area contributed by atoms with Crippen LogP contribution in [0.15, 0.2) is 73.6 Å². The Morgan fingerprint density at radius 2 is 2.12 bits per heavy atom. The fraction of sp³-hybridized carbons (Fsp3) is 0.167. The predicted molar refractivity (Wildman–Crippen MR) is 124 cm³/mol. The number of fused-ring (bicyclic) bond motifs is 1. The second-order valence-corrected chi connectivity index (χ2v) is 7.55. The minimum atomic E-state index is -1.02. The summed E-state index contributed by atoms with van der Waals surface area (Å²) in [4.78, 5) is 15.6. The standard InChI is InChI=1S/C24H24BN3O4/c1-16(18-7-3-6-17(12-18)14-27-20-9-5-11-26-15-20)28-22-13-19-8-4-10-21(24(29)30)23(19)32-25(22)31-2/h3-12,15,22,27-28H,1,13-14H2,2H3,(H,29,30). The molecule has 2 aromatic carbocycles. The van der Waals surface area contributed by atoms with Crippen LogP contribution in [0.5, 0.6) is 5.75 Å². The first-order chi connectivity index (χ1) is 15.5. The molecule has 0 saturated carbocycles. The van der Waals surface area contributed by atoms with Crippen molar-refractivity contribution in [1.29, 1.82) is 0 Å². The number of aromatic nitrogens is 1. The lowest BCUT2D eigenvalue weighted by Crippen LogP contribution is -2.51. The maximum atomic E-state index is 11.5. The molecular weight excluding hydrogens is 405 g/mol. The summed E-state index contributed by atoms with van der Waals surface area (Å²) in [7, 11) is 0.900. The Bertz CT molecular complexity index is 1120. The first-order valence-electron chi connectivity index (χ1n) is 10.3. The van der Waals surface area contributed by atoms with Gasteiger partial charge >= 0.3 is 13.1 Å². The van der Waals surface area contributed by atoms with Crippen molar-refractivity contribution < 1.29 is 19.2 Å². The van der Waals surface area contributed by atoms with Crippen molar-refractivity contribution in [3.8, 4) is 5.75 Å². The van der Waals surface area contributed by atoms with Crippen molar-refractivity contribution in [2.45, 2.75) is 18.9 Å². The zero-order chi connectivity index (χ0) is 22.5. The van der Waals surface area contributed by atoms with E-state index >= 15 is 0 Å². The predicted octanol–water partition coefficient (Wildman–Crippen LogP) is 3.63. The van der Waals surface area contributed by atoms with Gasteiger partial charge in [-0.2, -0.15) is 0 Å². The molecule has 0 spiro atoms. The van der Waals surface area contributed by atoms with Crippen molar-refractivity contribution in [1.82, 2.24) is 10.3 Å². The van der Waals surface area contributed by atoms with Crippen LogP contribution in [-0.4, -0.2) is 36.2 Å². The molecule has 162 valence electrons. The highest BCUT2D eigenvalue weighted by Crippen LogP contribution is 2.31. The molecule has 0 fully saturated rings. The van der Waals surface area contributed by atoms with E-state index in [4.69, 9.17) is 9.31 Å². The van der Waals surface area contributed by atoms with E-state index in [1.165, 1.54) is 6.07 Å². The summed E-state index contributed by atoms with van der Waals surface area (Å²) in [6.45, 7) is 4.86. The molecule has 7 nitrogen and oxygen atoms in total. The van der Waals surface area contributed by atoms with E-state index in [9.17, 15) is 9.90 Å². The van der Waals surface area contributed by atoms with Crippen LogP contribution in [0.3, 0.4) is 0 Å². The lowest BCUT2D eigenvalue weighted by Gasteiger charge is -2.31. The number of anilines is 1. The molecule has 1 aromatic heterocycles. The third-order valence-electron chi connectivity index (χ3n) is 5.35. The molecule has 0 saturated heterocycles. The first-order valence-corrected chi connectivity index (χ1v) is 10.3. The third kappa shape index (κ3) is 4.76. The minimum Gasteiger partial charge on any atom is -0.534 e. The maximum absolute atomic E-state index is 11.5. The average Bonchev–Trinajstić information content (AvgIpc) is 2.82. The molecule has 0 bridgehead atoms. The topological polar surface area (TPSA) is 92.7 Å². The number of nitrogens with zero attached hydrogens (tertiary/aromatic N) is 1. The number of para-hydroxylation sites is 1. The van der Waals surface area contributed by atoms with Crippen LogP contribution >= 0.6 is 0 Å². The molecule has 4 rings (SSSR count). The van der Waals surface area contributed by atoms with Gasteiger partial charge in [-0.05, 0) is 47.4 Å². The molecule has 2 heterocycles. The highest BCUT2D eigenvalue weighted by atomic mass is 16.6. The maximum Gasteiger partial charge on any atom is 0.549 e. The zero-order valence-electron chi connectivity index (χ0n) is 17.7. The fourth-order valence-corrected chi connectivity index (χ4v) is 3.76. The number of nitrogens with one attached hydrogen (secondary N) is 2. The first kappa shape index (κ1) is 21.5. The molecule has 1 aliphatic heterocycles. The van der Waals surface area contributed by atoms with E-state index in [1.54, 1.807) is 25.6 Å². The van der Waals surface area contributed by atoms with E-state index in [-0.39, 0.29) is 11.5 Å². The summed E-state index contributed by atoms with van der Waals surface area (Å²) < 4.78 is 11.4. The molecule has 1 aliphatic rings. The van der Waals surface area contributed by atoms with Gasteiger partial charge in [0.05, 0.1) is 17.2 Å². The molecule has 0 amide bonds. The molecule has 0 aliphatic carbocycles. The number of aromatic carboxylic acids is 1. The molecular formula is C24H24BN3O4. The number of carbonyl (C=O) groups is 1. The van der Waals surface area contributed by atoms with E-state index < -0.39 is 13.1 Å². The van der Waals surface area contributed by atoms with Crippen LogP contribution in [0, 0.1) is 0 Å². The van der Waals surface area contributed by atoms with Gasteiger partial charge in [0.25, 0.3) is 0 Å².